The van der Waals surface area contributed by atoms with Crippen molar-refractivity contribution in [1.82, 2.24) is 0 Å². The summed E-state index contributed by atoms with van der Waals surface area (Å²) in [5, 5.41) is 5.62. The van der Waals surface area contributed by atoms with Gasteiger partial charge < -0.3 is 15.4 Å². The second kappa shape index (κ2) is 6.60. The average molecular weight is 382 g/mol. The summed E-state index contributed by atoms with van der Waals surface area (Å²) in [4.78, 5) is 12.0. The average Bonchev–Trinajstić information content (AvgIpc) is 2.41. The first kappa shape index (κ1) is 14.6. The Morgan fingerprint density at radius 2 is 1.80 bits per heavy atom. The van der Waals surface area contributed by atoms with Gasteiger partial charge in [-0.2, -0.15) is 0 Å². The van der Waals surface area contributed by atoms with E-state index in [2.05, 4.69) is 33.2 Å². The molecular formula is C15H15IN2O2. The SMILES string of the molecule is COc1ccc(C)cc1NC(=O)Nc1ccccc1I. The summed E-state index contributed by atoms with van der Waals surface area (Å²) in [6.07, 6.45) is 0. The number of benzene rings is 2. The van der Waals surface area contributed by atoms with Crippen LogP contribution in [0.15, 0.2) is 42.5 Å². The Morgan fingerprint density at radius 3 is 2.50 bits per heavy atom. The normalized spacial score (nSPS) is 9.95. The molecule has 0 atom stereocenters. The van der Waals surface area contributed by atoms with Crippen molar-refractivity contribution >= 4 is 40.0 Å². The van der Waals surface area contributed by atoms with Crippen molar-refractivity contribution in [2.45, 2.75) is 6.92 Å². The number of para-hydroxylation sites is 1. The van der Waals surface area contributed by atoms with Crippen molar-refractivity contribution in [2.24, 2.45) is 0 Å². The molecule has 0 bridgehead atoms. The van der Waals surface area contributed by atoms with Gasteiger partial charge in [0.15, 0.2) is 0 Å². The summed E-state index contributed by atoms with van der Waals surface area (Å²) in [6.45, 7) is 1.96. The Labute approximate surface area is 131 Å². The number of hydrogen-bond donors (Lipinski definition) is 2. The topological polar surface area (TPSA) is 50.4 Å². The van der Waals surface area contributed by atoms with E-state index in [-0.39, 0.29) is 6.03 Å². The van der Waals surface area contributed by atoms with Crippen LogP contribution in [0.1, 0.15) is 5.56 Å². The number of halogens is 1. The summed E-state index contributed by atoms with van der Waals surface area (Å²) < 4.78 is 6.21. The van der Waals surface area contributed by atoms with Crippen LogP contribution in [0, 0.1) is 10.5 Å². The maximum atomic E-state index is 12.0. The zero-order chi connectivity index (χ0) is 14.5. The molecule has 2 aromatic rings. The molecule has 0 saturated carbocycles. The molecule has 0 saturated heterocycles. The van der Waals surface area contributed by atoms with Gasteiger partial charge in [-0.25, -0.2) is 4.79 Å². The molecular weight excluding hydrogens is 367 g/mol. The van der Waals surface area contributed by atoms with E-state index in [0.717, 1.165) is 14.8 Å². The third-order valence-electron chi connectivity index (χ3n) is 2.73. The summed E-state index contributed by atoms with van der Waals surface area (Å²) in [7, 11) is 1.58. The predicted molar refractivity (Wildman–Crippen MR) is 89.5 cm³/mol. The van der Waals surface area contributed by atoms with Crippen LogP contribution in [0.4, 0.5) is 16.2 Å². The van der Waals surface area contributed by atoms with Crippen LogP contribution in [0.3, 0.4) is 0 Å². The van der Waals surface area contributed by atoms with Gasteiger partial charge in [-0.05, 0) is 59.3 Å². The minimum atomic E-state index is -0.294. The molecule has 5 heteroatoms. The van der Waals surface area contributed by atoms with E-state index in [9.17, 15) is 4.79 Å². The number of carbonyl (C=O) groups is 1. The molecule has 0 aromatic heterocycles. The Morgan fingerprint density at radius 1 is 1.10 bits per heavy atom. The number of rotatable bonds is 3. The van der Waals surface area contributed by atoms with Crippen LogP contribution in [0.5, 0.6) is 5.75 Å². The summed E-state index contributed by atoms with van der Waals surface area (Å²) in [5.74, 6) is 0.633. The van der Waals surface area contributed by atoms with Gasteiger partial charge in [0, 0.05) is 3.57 Å². The Bertz CT molecular complexity index is 629. The van der Waals surface area contributed by atoms with E-state index in [1.807, 2.05) is 49.4 Å². The molecule has 0 heterocycles. The van der Waals surface area contributed by atoms with Crippen LogP contribution < -0.4 is 15.4 Å². The minimum Gasteiger partial charge on any atom is -0.495 e. The van der Waals surface area contributed by atoms with Crippen LogP contribution in [-0.2, 0) is 0 Å². The first-order valence-electron chi connectivity index (χ1n) is 6.07. The first-order valence-corrected chi connectivity index (χ1v) is 7.15. The van der Waals surface area contributed by atoms with Gasteiger partial charge >= 0.3 is 6.03 Å². The predicted octanol–water partition coefficient (Wildman–Crippen LogP) is 4.25. The molecule has 0 aliphatic carbocycles. The van der Waals surface area contributed by atoms with Crippen molar-refractivity contribution in [3.8, 4) is 5.75 Å². The molecule has 2 amide bonds. The standard InChI is InChI=1S/C15H15IN2O2/c1-10-7-8-14(20-2)13(9-10)18-15(19)17-12-6-4-3-5-11(12)16/h3-9H,1-2H3,(H2,17,18,19). The smallest absolute Gasteiger partial charge is 0.323 e. The number of anilines is 2. The highest BCUT2D eigenvalue weighted by atomic mass is 127. The van der Waals surface area contributed by atoms with E-state index in [4.69, 9.17) is 4.74 Å². The van der Waals surface area contributed by atoms with Gasteiger partial charge in [-0.3, -0.25) is 0 Å². The monoisotopic (exact) mass is 382 g/mol. The highest BCUT2D eigenvalue weighted by molar-refractivity contribution is 14.1. The van der Waals surface area contributed by atoms with Gasteiger partial charge in [0.25, 0.3) is 0 Å². The number of methoxy groups -OCH3 is 1. The fourth-order valence-electron chi connectivity index (χ4n) is 1.76. The molecule has 0 fully saturated rings. The van der Waals surface area contributed by atoms with E-state index in [1.165, 1.54) is 0 Å². The van der Waals surface area contributed by atoms with Crippen LogP contribution >= 0.6 is 22.6 Å². The van der Waals surface area contributed by atoms with Crippen molar-refractivity contribution < 1.29 is 9.53 Å². The van der Waals surface area contributed by atoms with Gasteiger partial charge in [-0.1, -0.05) is 18.2 Å². The molecule has 2 aromatic carbocycles. The van der Waals surface area contributed by atoms with E-state index >= 15 is 0 Å². The van der Waals surface area contributed by atoms with E-state index < -0.39 is 0 Å². The van der Waals surface area contributed by atoms with Crippen LogP contribution in [0.25, 0.3) is 0 Å². The van der Waals surface area contributed by atoms with Crippen molar-refractivity contribution in [3.63, 3.8) is 0 Å². The number of aryl methyl sites for hydroxylation is 1. The van der Waals surface area contributed by atoms with Crippen molar-refractivity contribution in [2.75, 3.05) is 17.7 Å². The Balaban J connectivity index is 2.12. The maximum absolute atomic E-state index is 12.0. The maximum Gasteiger partial charge on any atom is 0.323 e. The zero-order valence-electron chi connectivity index (χ0n) is 11.2. The molecule has 0 spiro atoms. The molecule has 4 nitrogen and oxygen atoms in total. The van der Waals surface area contributed by atoms with Crippen molar-refractivity contribution in [3.05, 3.63) is 51.6 Å². The fourth-order valence-corrected chi connectivity index (χ4v) is 2.28. The summed E-state index contributed by atoms with van der Waals surface area (Å²) >= 11 is 2.18. The second-order valence-corrected chi connectivity index (χ2v) is 5.42. The third kappa shape index (κ3) is 3.63. The molecule has 104 valence electrons. The number of urea groups is 1. The molecule has 20 heavy (non-hydrogen) atoms. The van der Waals surface area contributed by atoms with Gasteiger partial charge in [0.2, 0.25) is 0 Å². The third-order valence-corrected chi connectivity index (χ3v) is 3.67. The summed E-state index contributed by atoms with van der Waals surface area (Å²) in [6, 6.07) is 12.9. The number of ether oxygens (including phenoxy) is 1. The molecule has 0 radical (unpaired) electrons. The summed E-state index contributed by atoms with van der Waals surface area (Å²) in [5.41, 5.74) is 2.48. The number of amides is 2. The number of carbonyl (C=O) groups excluding carboxylic acids is 1. The lowest BCUT2D eigenvalue weighted by molar-refractivity contribution is 0.262. The molecule has 0 unspecified atom stereocenters. The fraction of sp³-hybridized carbons (Fsp3) is 0.133. The van der Waals surface area contributed by atoms with Crippen molar-refractivity contribution in [1.29, 1.82) is 0 Å². The van der Waals surface area contributed by atoms with Gasteiger partial charge in [0.05, 0.1) is 18.5 Å². The molecule has 0 aliphatic rings. The van der Waals surface area contributed by atoms with Gasteiger partial charge in [0.1, 0.15) is 5.75 Å². The quantitative estimate of drug-likeness (QED) is 0.780. The first-order chi connectivity index (χ1) is 9.60. The highest BCUT2D eigenvalue weighted by Crippen LogP contribution is 2.25. The minimum absolute atomic E-state index is 0.294. The van der Waals surface area contributed by atoms with Gasteiger partial charge in [-0.15, -0.1) is 0 Å². The zero-order valence-corrected chi connectivity index (χ0v) is 13.4. The molecule has 2 N–H and O–H groups in total. The molecule has 2 rings (SSSR count). The second-order valence-electron chi connectivity index (χ2n) is 4.26. The molecule has 0 aliphatic heterocycles. The lowest BCUT2D eigenvalue weighted by atomic mass is 10.2. The lowest BCUT2D eigenvalue weighted by Crippen LogP contribution is -2.20. The number of hydrogen-bond acceptors (Lipinski definition) is 2. The van der Waals surface area contributed by atoms with E-state index in [0.29, 0.717) is 11.4 Å². The largest absolute Gasteiger partial charge is 0.495 e. The lowest BCUT2D eigenvalue weighted by Gasteiger charge is -2.12. The Hall–Kier alpha value is -1.76. The van der Waals surface area contributed by atoms with Crippen LogP contribution in [-0.4, -0.2) is 13.1 Å². The highest BCUT2D eigenvalue weighted by Gasteiger charge is 2.09. The van der Waals surface area contributed by atoms with Crippen LogP contribution in [0.2, 0.25) is 0 Å². The Kier molecular flexibility index (Phi) is 4.84. The van der Waals surface area contributed by atoms with E-state index in [1.54, 1.807) is 7.11 Å². The number of nitrogens with one attached hydrogen (secondary N) is 2.